The number of amides is 2. The summed E-state index contributed by atoms with van der Waals surface area (Å²) < 4.78 is 5.83. The Labute approximate surface area is 139 Å². The van der Waals surface area contributed by atoms with Gasteiger partial charge >= 0.3 is 6.03 Å². The molecule has 124 valence electrons. The number of fused-ring (bicyclic) bond motifs is 3. The van der Waals surface area contributed by atoms with Crippen LogP contribution in [-0.4, -0.2) is 35.7 Å². The number of carbonyl (C=O) groups is 1. The van der Waals surface area contributed by atoms with Crippen molar-refractivity contribution in [1.29, 1.82) is 0 Å². The van der Waals surface area contributed by atoms with E-state index in [2.05, 4.69) is 5.32 Å². The molecule has 1 aliphatic carbocycles. The van der Waals surface area contributed by atoms with Crippen LogP contribution < -0.4 is 5.32 Å². The van der Waals surface area contributed by atoms with E-state index in [4.69, 9.17) is 4.42 Å². The van der Waals surface area contributed by atoms with E-state index in [0.29, 0.717) is 18.2 Å². The Kier molecular flexibility index (Phi) is 3.65. The molecule has 0 bridgehead atoms. The number of aliphatic hydroxyl groups is 1. The van der Waals surface area contributed by atoms with Crippen molar-refractivity contribution in [2.45, 2.75) is 18.9 Å². The third kappa shape index (κ3) is 2.83. The van der Waals surface area contributed by atoms with Crippen LogP contribution in [0, 0.1) is 5.92 Å². The van der Waals surface area contributed by atoms with E-state index in [0.717, 1.165) is 34.8 Å². The van der Waals surface area contributed by atoms with E-state index in [1.165, 1.54) is 4.90 Å². The van der Waals surface area contributed by atoms with Crippen LogP contribution in [0.1, 0.15) is 12.8 Å². The van der Waals surface area contributed by atoms with Crippen molar-refractivity contribution in [2.24, 2.45) is 5.92 Å². The maximum absolute atomic E-state index is 12.3. The third-order valence-corrected chi connectivity index (χ3v) is 4.60. The number of likely N-dealkylation sites (N-methyl/N-ethyl adjacent to an activating group) is 1. The van der Waals surface area contributed by atoms with Crippen LogP contribution in [0.15, 0.2) is 46.9 Å². The zero-order valence-electron chi connectivity index (χ0n) is 13.5. The van der Waals surface area contributed by atoms with Crippen molar-refractivity contribution in [1.82, 2.24) is 4.90 Å². The van der Waals surface area contributed by atoms with E-state index in [-0.39, 0.29) is 6.03 Å². The second kappa shape index (κ2) is 5.83. The summed E-state index contributed by atoms with van der Waals surface area (Å²) in [5.74, 6) is 0.354. The molecular formula is C19H20N2O3. The number of nitrogens with zero attached hydrogens (tertiary/aromatic N) is 1. The molecule has 4 rings (SSSR count). The van der Waals surface area contributed by atoms with Crippen molar-refractivity contribution in [3.63, 3.8) is 0 Å². The highest BCUT2D eigenvalue weighted by Gasteiger charge is 2.31. The number of rotatable bonds is 4. The first kappa shape index (κ1) is 15.0. The molecular weight excluding hydrogens is 304 g/mol. The van der Waals surface area contributed by atoms with Gasteiger partial charge in [-0.2, -0.15) is 0 Å². The number of hydrogen-bond donors (Lipinski definition) is 2. The highest BCUT2D eigenvalue weighted by molar-refractivity contribution is 6.06. The summed E-state index contributed by atoms with van der Waals surface area (Å²) in [4.78, 5) is 13.8. The van der Waals surface area contributed by atoms with Gasteiger partial charge in [-0.25, -0.2) is 4.79 Å². The summed E-state index contributed by atoms with van der Waals surface area (Å²) in [6, 6.07) is 13.3. The molecule has 3 aromatic rings. The average Bonchev–Trinajstić information content (AvgIpc) is 3.36. The maximum atomic E-state index is 12.3. The number of anilines is 1. The molecule has 0 radical (unpaired) electrons. The molecule has 0 saturated heterocycles. The number of para-hydroxylation sites is 1. The smallest absolute Gasteiger partial charge is 0.321 e. The minimum absolute atomic E-state index is 0.231. The van der Waals surface area contributed by atoms with Gasteiger partial charge in [-0.15, -0.1) is 0 Å². The zero-order chi connectivity index (χ0) is 16.7. The molecule has 0 spiro atoms. The summed E-state index contributed by atoms with van der Waals surface area (Å²) >= 11 is 0. The highest BCUT2D eigenvalue weighted by Crippen LogP contribution is 2.33. The number of furan rings is 1. The highest BCUT2D eigenvalue weighted by atomic mass is 16.3. The lowest BCUT2D eigenvalue weighted by Crippen LogP contribution is -2.37. The van der Waals surface area contributed by atoms with Crippen molar-refractivity contribution < 1.29 is 14.3 Å². The molecule has 0 aliphatic heterocycles. The van der Waals surface area contributed by atoms with Gasteiger partial charge in [0.15, 0.2) is 0 Å². The van der Waals surface area contributed by atoms with E-state index in [9.17, 15) is 9.90 Å². The Morgan fingerprint density at radius 1 is 1.25 bits per heavy atom. The minimum Gasteiger partial charge on any atom is -0.456 e. The Morgan fingerprint density at radius 3 is 2.79 bits per heavy atom. The molecule has 1 atom stereocenters. The Morgan fingerprint density at radius 2 is 2.00 bits per heavy atom. The Hall–Kier alpha value is -2.53. The molecule has 1 saturated carbocycles. The van der Waals surface area contributed by atoms with Crippen LogP contribution in [0.25, 0.3) is 21.9 Å². The van der Waals surface area contributed by atoms with Gasteiger partial charge in [0.05, 0.1) is 6.10 Å². The summed E-state index contributed by atoms with van der Waals surface area (Å²) in [5, 5.41) is 14.9. The van der Waals surface area contributed by atoms with Gasteiger partial charge in [-0.1, -0.05) is 18.2 Å². The summed E-state index contributed by atoms with van der Waals surface area (Å²) in [5.41, 5.74) is 2.26. The van der Waals surface area contributed by atoms with Crippen molar-refractivity contribution >= 4 is 33.7 Å². The van der Waals surface area contributed by atoms with Crippen LogP contribution in [0.5, 0.6) is 0 Å². The normalized spacial score (nSPS) is 15.6. The lowest BCUT2D eigenvalue weighted by atomic mass is 10.1. The van der Waals surface area contributed by atoms with Gasteiger partial charge in [0.1, 0.15) is 11.2 Å². The molecule has 1 heterocycles. The van der Waals surface area contributed by atoms with Crippen LogP contribution in [0.3, 0.4) is 0 Å². The summed E-state index contributed by atoms with van der Waals surface area (Å²) in [7, 11) is 1.70. The number of hydrogen-bond acceptors (Lipinski definition) is 3. The number of benzene rings is 2. The average molecular weight is 324 g/mol. The van der Waals surface area contributed by atoms with E-state index in [1.54, 1.807) is 7.05 Å². The SMILES string of the molecule is CN(CC(O)C1CC1)C(=O)Nc1ccc2c(c1)oc1ccccc12. The van der Waals surface area contributed by atoms with Crippen molar-refractivity contribution in [2.75, 3.05) is 18.9 Å². The first-order valence-corrected chi connectivity index (χ1v) is 8.23. The maximum Gasteiger partial charge on any atom is 0.321 e. The van der Waals surface area contributed by atoms with Crippen LogP contribution in [-0.2, 0) is 0 Å². The van der Waals surface area contributed by atoms with E-state index in [1.807, 2.05) is 42.5 Å². The quantitative estimate of drug-likeness (QED) is 0.767. The first-order valence-electron chi connectivity index (χ1n) is 8.23. The van der Waals surface area contributed by atoms with Crippen molar-refractivity contribution in [3.8, 4) is 0 Å². The number of urea groups is 1. The topological polar surface area (TPSA) is 65.7 Å². The predicted octanol–water partition coefficient (Wildman–Crippen LogP) is 3.82. The fourth-order valence-corrected chi connectivity index (χ4v) is 3.02. The summed E-state index contributed by atoms with van der Waals surface area (Å²) in [6.07, 6.45) is 1.68. The van der Waals surface area contributed by atoms with E-state index >= 15 is 0 Å². The first-order chi connectivity index (χ1) is 11.6. The van der Waals surface area contributed by atoms with Crippen LogP contribution in [0.2, 0.25) is 0 Å². The number of nitrogens with one attached hydrogen (secondary N) is 1. The zero-order valence-corrected chi connectivity index (χ0v) is 13.5. The molecule has 24 heavy (non-hydrogen) atoms. The van der Waals surface area contributed by atoms with Gasteiger partial charge in [-0.05, 0) is 37.0 Å². The lowest BCUT2D eigenvalue weighted by Gasteiger charge is -2.21. The lowest BCUT2D eigenvalue weighted by molar-refractivity contribution is 0.117. The van der Waals surface area contributed by atoms with Gasteiger partial charge < -0.3 is 19.7 Å². The molecule has 2 amide bonds. The molecule has 1 unspecified atom stereocenters. The monoisotopic (exact) mass is 324 g/mol. The predicted molar refractivity (Wildman–Crippen MR) is 94.1 cm³/mol. The molecule has 1 aliphatic rings. The van der Waals surface area contributed by atoms with Gasteiger partial charge in [0.25, 0.3) is 0 Å². The number of carbonyl (C=O) groups excluding carboxylic acids is 1. The van der Waals surface area contributed by atoms with Gasteiger partial charge in [-0.3, -0.25) is 0 Å². The molecule has 2 N–H and O–H groups in total. The summed E-state index contributed by atoms with van der Waals surface area (Å²) in [6.45, 7) is 0.351. The second-order valence-electron chi connectivity index (χ2n) is 6.52. The Bertz CT molecular complexity index is 898. The third-order valence-electron chi connectivity index (χ3n) is 4.60. The van der Waals surface area contributed by atoms with Crippen LogP contribution >= 0.6 is 0 Å². The molecule has 5 heteroatoms. The fraction of sp³-hybridized carbons (Fsp3) is 0.316. The molecule has 5 nitrogen and oxygen atoms in total. The molecule has 2 aromatic carbocycles. The van der Waals surface area contributed by atoms with E-state index < -0.39 is 6.10 Å². The van der Waals surface area contributed by atoms with Gasteiger partial charge in [0, 0.05) is 36.1 Å². The largest absolute Gasteiger partial charge is 0.456 e. The van der Waals surface area contributed by atoms with Crippen LogP contribution in [0.4, 0.5) is 10.5 Å². The van der Waals surface area contributed by atoms with Crippen molar-refractivity contribution in [3.05, 3.63) is 42.5 Å². The molecule has 1 aromatic heterocycles. The molecule has 1 fully saturated rings. The standard InChI is InChI=1S/C19H20N2O3/c1-21(11-16(22)12-6-7-12)19(23)20-13-8-9-15-14-4-2-3-5-17(14)24-18(15)10-13/h2-5,8-10,12,16,22H,6-7,11H2,1H3,(H,20,23). The minimum atomic E-state index is -0.432. The second-order valence-corrected chi connectivity index (χ2v) is 6.52. The fourth-order valence-electron chi connectivity index (χ4n) is 3.02. The Balaban J connectivity index is 1.51. The van der Waals surface area contributed by atoms with Gasteiger partial charge in [0.2, 0.25) is 0 Å². The number of aliphatic hydroxyl groups excluding tert-OH is 1.